The highest BCUT2D eigenvalue weighted by Crippen LogP contribution is 2.34. The second-order valence-corrected chi connectivity index (χ2v) is 7.94. The number of fused-ring (bicyclic) bond motifs is 1. The van der Waals surface area contributed by atoms with Crippen molar-refractivity contribution in [3.05, 3.63) is 51.6 Å². The number of hydrogen-bond donors (Lipinski definition) is 0. The molecule has 136 valence electrons. The van der Waals surface area contributed by atoms with Gasteiger partial charge in [0.05, 0.1) is 10.9 Å². The maximum absolute atomic E-state index is 13.3. The molecule has 1 aliphatic rings. The van der Waals surface area contributed by atoms with Crippen LogP contribution in [0.4, 0.5) is 0 Å². The van der Waals surface area contributed by atoms with Crippen LogP contribution in [0, 0.1) is 0 Å². The molecule has 0 aliphatic carbocycles. The van der Waals surface area contributed by atoms with Gasteiger partial charge in [-0.05, 0) is 49.4 Å². The lowest BCUT2D eigenvalue weighted by atomic mass is 10.1. The van der Waals surface area contributed by atoms with Gasteiger partial charge >= 0.3 is 0 Å². The highest BCUT2D eigenvalue weighted by molar-refractivity contribution is 7.14. The van der Waals surface area contributed by atoms with Crippen LogP contribution in [0.1, 0.15) is 65.1 Å². The summed E-state index contributed by atoms with van der Waals surface area (Å²) in [4.78, 5) is 17.5. The predicted octanol–water partition coefficient (Wildman–Crippen LogP) is 4.28. The third-order valence-electron chi connectivity index (χ3n) is 5.12. The van der Waals surface area contributed by atoms with Crippen LogP contribution in [0.15, 0.2) is 30.5 Å². The molecule has 5 nitrogen and oxygen atoms in total. The molecule has 3 aromatic heterocycles. The molecule has 4 heterocycles. The van der Waals surface area contributed by atoms with Crippen LogP contribution < -0.4 is 0 Å². The number of aryl methyl sites for hydroxylation is 2. The van der Waals surface area contributed by atoms with Crippen molar-refractivity contribution >= 4 is 22.9 Å². The zero-order valence-corrected chi connectivity index (χ0v) is 16.1. The molecule has 0 spiro atoms. The predicted molar refractivity (Wildman–Crippen MR) is 104 cm³/mol. The number of amides is 1. The summed E-state index contributed by atoms with van der Waals surface area (Å²) in [6, 6.07) is 7.99. The standard InChI is InChI=1S/C20H24N4OS/c1-3-8-16-14(4-2)13-17(26-16)20(25)23-12-7-9-15(23)19-22-21-18-10-5-6-11-24(18)19/h5-6,10-11,13,15H,3-4,7-9,12H2,1-2H3. The molecular formula is C20H24N4OS. The van der Waals surface area contributed by atoms with E-state index in [4.69, 9.17) is 0 Å². The monoisotopic (exact) mass is 368 g/mol. The lowest BCUT2D eigenvalue weighted by molar-refractivity contribution is 0.0734. The van der Waals surface area contributed by atoms with E-state index in [0.29, 0.717) is 0 Å². The molecule has 1 fully saturated rings. The maximum atomic E-state index is 13.3. The Balaban J connectivity index is 1.65. The Morgan fingerprint density at radius 3 is 3.00 bits per heavy atom. The van der Waals surface area contributed by atoms with Crippen molar-refractivity contribution < 1.29 is 4.79 Å². The topological polar surface area (TPSA) is 50.5 Å². The highest BCUT2D eigenvalue weighted by atomic mass is 32.1. The fourth-order valence-electron chi connectivity index (χ4n) is 3.82. The van der Waals surface area contributed by atoms with E-state index in [-0.39, 0.29) is 11.9 Å². The SMILES string of the molecule is CCCc1sc(C(=O)N2CCCC2c2nnc3ccccn23)cc1CC. The number of carbonyl (C=O) groups is 1. The van der Waals surface area contributed by atoms with Crippen LogP contribution in [0.5, 0.6) is 0 Å². The summed E-state index contributed by atoms with van der Waals surface area (Å²) in [5.74, 6) is 1.01. The van der Waals surface area contributed by atoms with Gasteiger partial charge in [0.25, 0.3) is 5.91 Å². The van der Waals surface area contributed by atoms with Crippen LogP contribution in [0.3, 0.4) is 0 Å². The summed E-state index contributed by atoms with van der Waals surface area (Å²) in [6.07, 6.45) is 7.07. The third kappa shape index (κ3) is 2.92. The van der Waals surface area contributed by atoms with Gasteiger partial charge in [0.2, 0.25) is 0 Å². The van der Waals surface area contributed by atoms with Crippen LogP contribution in [-0.4, -0.2) is 31.9 Å². The Morgan fingerprint density at radius 2 is 2.19 bits per heavy atom. The van der Waals surface area contributed by atoms with Gasteiger partial charge in [-0.1, -0.05) is 26.3 Å². The van der Waals surface area contributed by atoms with E-state index in [1.165, 1.54) is 10.4 Å². The van der Waals surface area contributed by atoms with E-state index >= 15 is 0 Å². The first kappa shape index (κ1) is 17.2. The van der Waals surface area contributed by atoms with E-state index in [1.807, 2.05) is 33.7 Å². The number of rotatable bonds is 5. The molecule has 0 N–H and O–H groups in total. The van der Waals surface area contributed by atoms with Crippen molar-refractivity contribution in [2.45, 2.75) is 52.0 Å². The summed E-state index contributed by atoms with van der Waals surface area (Å²) in [6.45, 7) is 5.14. The molecule has 1 aliphatic heterocycles. The van der Waals surface area contributed by atoms with Crippen molar-refractivity contribution in [2.75, 3.05) is 6.54 Å². The first-order chi connectivity index (χ1) is 12.7. The second kappa shape index (κ2) is 7.19. The minimum absolute atomic E-state index is 0.00158. The van der Waals surface area contributed by atoms with Gasteiger partial charge in [-0.15, -0.1) is 21.5 Å². The summed E-state index contributed by atoms with van der Waals surface area (Å²) < 4.78 is 2.00. The summed E-state index contributed by atoms with van der Waals surface area (Å²) in [5, 5.41) is 8.66. The van der Waals surface area contributed by atoms with Crippen molar-refractivity contribution in [1.82, 2.24) is 19.5 Å². The van der Waals surface area contributed by atoms with Gasteiger partial charge in [-0.25, -0.2) is 0 Å². The van der Waals surface area contributed by atoms with Crippen LogP contribution in [0.25, 0.3) is 5.65 Å². The van der Waals surface area contributed by atoms with E-state index < -0.39 is 0 Å². The Hall–Kier alpha value is -2.21. The number of hydrogen-bond acceptors (Lipinski definition) is 4. The van der Waals surface area contributed by atoms with Gasteiger partial charge in [-0.3, -0.25) is 9.20 Å². The number of thiophene rings is 1. The molecule has 1 saturated heterocycles. The van der Waals surface area contributed by atoms with Crippen LogP contribution in [-0.2, 0) is 12.8 Å². The van der Waals surface area contributed by atoms with E-state index in [0.717, 1.165) is 55.0 Å². The van der Waals surface area contributed by atoms with E-state index in [2.05, 4.69) is 30.1 Å². The lowest BCUT2D eigenvalue weighted by Crippen LogP contribution is -2.31. The first-order valence-electron chi connectivity index (χ1n) is 9.45. The minimum Gasteiger partial charge on any atom is -0.328 e. The number of likely N-dealkylation sites (tertiary alicyclic amines) is 1. The molecule has 0 aromatic carbocycles. The summed E-state index contributed by atoms with van der Waals surface area (Å²) >= 11 is 1.67. The molecule has 3 aromatic rings. The zero-order chi connectivity index (χ0) is 18.1. The van der Waals surface area contributed by atoms with Crippen LogP contribution in [0.2, 0.25) is 0 Å². The lowest BCUT2D eigenvalue weighted by Gasteiger charge is -2.22. The molecule has 1 atom stereocenters. The fourth-order valence-corrected chi connectivity index (χ4v) is 5.13. The summed E-state index contributed by atoms with van der Waals surface area (Å²) in [7, 11) is 0. The Bertz CT molecular complexity index is 929. The molecular weight excluding hydrogens is 344 g/mol. The normalized spacial score (nSPS) is 17.3. The highest BCUT2D eigenvalue weighted by Gasteiger charge is 2.34. The molecule has 6 heteroatoms. The Morgan fingerprint density at radius 1 is 1.31 bits per heavy atom. The van der Waals surface area contributed by atoms with Crippen molar-refractivity contribution in [3.8, 4) is 0 Å². The first-order valence-corrected chi connectivity index (χ1v) is 10.3. The molecule has 4 rings (SSSR count). The molecule has 26 heavy (non-hydrogen) atoms. The maximum Gasteiger partial charge on any atom is 0.264 e. The third-order valence-corrected chi connectivity index (χ3v) is 6.34. The average molecular weight is 369 g/mol. The smallest absolute Gasteiger partial charge is 0.264 e. The summed E-state index contributed by atoms with van der Waals surface area (Å²) in [5.41, 5.74) is 2.15. The van der Waals surface area contributed by atoms with Gasteiger partial charge in [0, 0.05) is 17.6 Å². The van der Waals surface area contributed by atoms with Crippen molar-refractivity contribution in [2.24, 2.45) is 0 Å². The van der Waals surface area contributed by atoms with Crippen molar-refractivity contribution in [1.29, 1.82) is 0 Å². The van der Waals surface area contributed by atoms with E-state index in [1.54, 1.807) is 11.3 Å². The van der Waals surface area contributed by atoms with Gasteiger partial charge in [-0.2, -0.15) is 0 Å². The molecule has 1 amide bonds. The quantitative estimate of drug-likeness (QED) is 0.675. The fraction of sp³-hybridized carbons (Fsp3) is 0.450. The molecule has 0 bridgehead atoms. The Kier molecular flexibility index (Phi) is 4.76. The number of carbonyl (C=O) groups excluding carboxylic acids is 1. The number of nitrogens with zero attached hydrogens (tertiary/aromatic N) is 4. The molecule has 0 saturated carbocycles. The molecule has 0 radical (unpaired) electrons. The Labute approximate surface area is 157 Å². The molecule has 1 unspecified atom stereocenters. The number of pyridine rings is 1. The van der Waals surface area contributed by atoms with Gasteiger partial charge in [0.15, 0.2) is 11.5 Å². The van der Waals surface area contributed by atoms with Gasteiger partial charge < -0.3 is 4.90 Å². The van der Waals surface area contributed by atoms with Crippen molar-refractivity contribution in [3.63, 3.8) is 0 Å². The number of aromatic nitrogens is 3. The largest absolute Gasteiger partial charge is 0.328 e. The minimum atomic E-state index is 0.00158. The van der Waals surface area contributed by atoms with Gasteiger partial charge in [0.1, 0.15) is 0 Å². The van der Waals surface area contributed by atoms with E-state index in [9.17, 15) is 4.79 Å². The second-order valence-electron chi connectivity index (χ2n) is 6.81. The average Bonchev–Trinajstić information content (AvgIpc) is 3.38. The van der Waals surface area contributed by atoms with Crippen LogP contribution >= 0.6 is 11.3 Å². The zero-order valence-electron chi connectivity index (χ0n) is 15.3.